The van der Waals surface area contributed by atoms with Crippen LogP contribution in [-0.4, -0.2) is 23.9 Å². The van der Waals surface area contributed by atoms with E-state index in [1.54, 1.807) is 0 Å². The summed E-state index contributed by atoms with van der Waals surface area (Å²) in [5.41, 5.74) is 3.39. The Kier molecular flexibility index (Phi) is 3.52. The molecule has 0 aliphatic rings. The van der Waals surface area contributed by atoms with Gasteiger partial charge in [-0.2, -0.15) is 5.10 Å². The van der Waals surface area contributed by atoms with E-state index in [0.29, 0.717) is 0 Å². The fourth-order valence-electron chi connectivity index (χ4n) is 1.91. The Labute approximate surface area is 110 Å². The molecule has 2 aromatic rings. The summed E-state index contributed by atoms with van der Waals surface area (Å²) in [5.74, 6) is 1.13. The van der Waals surface area contributed by atoms with Crippen molar-refractivity contribution in [3.63, 3.8) is 0 Å². The molecular formula is C13H16BrN3. The van der Waals surface area contributed by atoms with Crippen molar-refractivity contribution in [2.24, 2.45) is 0 Å². The molecule has 2 rings (SSSR count). The SMILES string of the molecule is Cc1nn(-c2ccccc2)c(N(C)C)c1CBr. The van der Waals surface area contributed by atoms with E-state index in [9.17, 15) is 0 Å². The molecule has 0 bridgehead atoms. The summed E-state index contributed by atoms with van der Waals surface area (Å²) in [6.07, 6.45) is 0. The molecule has 0 saturated heterocycles. The fraction of sp³-hybridized carbons (Fsp3) is 0.308. The number of aryl methyl sites for hydroxylation is 1. The maximum absolute atomic E-state index is 4.62. The lowest BCUT2D eigenvalue weighted by Gasteiger charge is -2.16. The Morgan fingerprint density at radius 2 is 1.88 bits per heavy atom. The van der Waals surface area contributed by atoms with Crippen LogP contribution in [0, 0.1) is 6.92 Å². The van der Waals surface area contributed by atoms with Crippen molar-refractivity contribution < 1.29 is 0 Å². The van der Waals surface area contributed by atoms with Gasteiger partial charge in [-0.05, 0) is 19.1 Å². The molecule has 17 heavy (non-hydrogen) atoms. The molecule has 1 aromatic carbocycles. The van der Waals surface area contributed by atoms with Crippen molar-refractivity contribution >= 4 is 21.7 Å². The number of hydrogen-bond donors (Lipinski definition) is 0. The van der Waals surface area contributed by atoms with E-state index in [4.69, 9.17) is 0 Å². The van der Waals surface area contributed by atoms with Crippen molar-refractivity contribution in [3.8, 4) is 5.69 Å². The zero-order valence-electron chi connectivity index (χ0n) is 10.3. The molecule has 0 N–H and O–H groups in total. The Morgan fingerprint density at radius 3 is 2.41 bits per heavy atom. The minimum atomic E-state index is 0.819. The molecule has 0 fully saturated rings. The Hall–Kier alpha value is -1.29. The first-order chi connectivity index (χ1) is 8.15. The highest BCUT2D eigenvalue weighted by Crippen LogP contribution is 2.27. The number of aromatic nitrogens is 2. The minimum Gasteiger partial charge on any atom is -0.362 e. The monoisotopic (exact) mass is 293 g/mol. The molecule has 0 spiro atoms. The van der Waals surface area contributed by atoms with Crippen LogP contribution in [0.1, 0.15) is 11.3 Å². The highest BCUT2D eigenvalue weighted by Gasteiger charge is 2.16. The molecule has 0 unspecified atom stereocenters. The van der Waals surface area contributed by atoms with Crippen LogP contribution in [-0.2, 0) is 5.33 Å². The van der Waals surface area contributed by atoms with Crippen LogP contribution in [0.15, 0.2) is 30.3 Å². The van der Waals surface area contributed by atoms with Crippen molar-refractivity contribution in [2.45, 2.75) is 12.3 Å². The number of anilines is 1. The first kappa shape index (κ1) is 12.2. The van der Waals surface area contributed by atoms with E-state index >= 15 is 0 Å². The van der Waals surface area contributed by atoms with Crippen LogP contribution in [0.3, 0.4) is 0 Å². The molecule has 90 valence electrons. The Morgan fingerprint density at radius 1 is 1.24 bits per heavy atom. The third-order valence-corrected chi connectivity index (χ3v) is 3.28. The second-order valence-corrected chi connectivity index (χ2v) is 4.72. The van der Waals surface area contributed by atoms with E-state index in [1.165, 1.54) is 5.56 Å². The third-order valence-electron chi connectivity index (χ3n) is 2.72. The summed E-state index contributed by atoms with van der Waals surface area (Å²) < 4.78 is 1.99. The van der Waals surface area contributed by atoms with Gasteiger partial charge >= 0.3 is 0 Å². The number of hydrogen-bond acceptors (Lipinski definition) is 2. The van der Waals surface area contributed by atoms with Gasteiger partial charge in [-0.15, -0.1) is 0 Å². The second-order valence-electron chi connectivity index (χ2n) is 4.16. The maximum Gasteiger partial charge on any atom is 0.136 e. The summed E-state index contributed by atoms with van der Waals surface area (Å²) in [6.45, 7) is 2.04. The van der Waals surface area contributed by atoms with Gasteiger partial charge in [0.05, 0.1) is 11.4 Å². The van der Waals surface area contributed by atoms with E-state index in [1.807, 2.05) is 43.9 Å². The topological polar surface area (TPSA) is 21.1 Å². The fourth-order valence-corrected chi connectivity index (χ4v) is 2.57. The second kappa shape index (κ2) is 4.92. The summed E-state index contributed by atoms with van der Waals surface area (Å²) in [7, 11) is 4.09. The number of benzene rings is 1. The molecule has 0 saturated carbocycles. The van der Waals surface area contributed by atoms with Crippen LogP contribution in [0.2, 0.25) is 0 Å². The number of halogens is 1. The van der Waals surface area contributed by atoms with E-state index < -0.39 is 0 Å². The van der Waals surface area contributed by atoms with Gasteiger partial charge in [-0.25, -0.2) is 4.68 Å². The Balaban J connectivity index is 2.62. The lowest BCUT2D eigenvalue weighted by atomic mass is 10.2. The molecule has 0 amide bonds. The first-order valence-electron chi connectivity index (χ1n) is 5.52. The quantitative estimate of drug-likeness (QED) is 0.811. The van der Waals surface area contributed by atoms with Crippen LogP contribution in [0.25, 0.3) is 5.69 Å². The van der Waals surface area contributed by atoms with Gasteiger partial charge < -0.3 is 4.90 Å². The van der Waals surface area contributed by atoms with Gasteiger partial charge in [-0.1, -0.05) is 34.1 Å². The van der Waals surface area contributed by atoms with Crippen molar-refractivity contribution in [1.29, 1.82) is 0 Å². The van der Waals surface area contributed by atoms with Gasteiger partial charge in [0, 0.05) is 25.0 Å². The largest absolute Gasteiger partial charge is 0.362 e. The highest BCUT2D eigenvalue weighted by atomic mass is 79.9. The highest BCUT2D eigenvalue weighted by molar-refractivity contribution is 9.08. The lowest BCUT2D eigenvalue weighted by Crippen LogP contribution is -2.15. The standard InChI is InChI=1S/C13H16BrN3/c1-10-12(9-14)13(16(2)3)17(15-10)11-7-5-4-6-8-11/h4-8H,9H2,1-3H3. The smallest absolute Gasteiger partial charge is 0.136 e. The van der Waals surface area contributed by atoms with Crippen molar-refractivity contribution in [1.82, 2.24) is 9.78 Å². The average molecular weight is 294 g/mol. The summed E-state index contributed by atoms with van der Waals surface area (Å²) in [5, 5.41) is 5.44. The van der Waals surface area contributed by atoms with Gasteiger partial charge in [0.25, 0.3) is 0 Å². The molecule has 0 atom stereocenters. The zero-order valence-corrected chi connectivity index (χ0v) is 11.9. The zero-order chi connectivity index (χ0) is 12.4. The van der Waals surface area contributed by atoms with Crippen molar-refractivity contribution in [3.05, 3.63) is 41.6 Å². The lowest BCUT2D eigenvalue weighted by molar-refractivity contribution is 0.841. The average Bonchev–Trinajstić information content (AvgIpc) is 2.67. The van der Waals surface area contributed by atoms with E-state index in [2.05, 4.69) is 38.1 Å². The normalized spacial score (nSPS) is 10.6. The predicted octanol–water partition coefficient (Wildman–Crippen LogP) is 3.14. The number of para-hydroxylation sites is 1. The number of alkyl halides is 1. The number of nitrogens with zero attached hydrogens (tertiary/aromatic N) is 3. The molecule has 0 aliphatic heterocycles. The third kappa shape index (κ3) is 2.22. The van der Waals surface area contributed by atoms with Gasteiger partial charge in [0.2, 0.25) is 0 Å². The summed E-state index contributed by atoms with van der Waals surface area (Å²) in [6, 6.07) is 10.2. The summed E-state index contributed by atoms with van der Waals surface area (Å²) >= 11 is 3.53. The molecular weight excluding hydrogens is 278 g/mol. The van der Waals surface area contributed by atoms with Gasteiger partial charge in [-0.3, -0.25) is 0 Å². The van der Waals surface area contributed by atoms with Crippen LogP contribution in [0.4, 0.5) is 5.82 Å². The predicted molar refractivity (Wildman–Crippen MR) is 75.3 cm³/mol. The molecule has 3 nitrogen and oxygen atoms in total. The van der Waals surface area contributed by atoms with Crippen LogP contribution in [0.5, 0.6) is 0 Å². The van der Waals surface area contributed by atoms with Crippen molar-refractivity contribution in [2.75, 3.05) is 19.0 Å². The molecule has 4 heteroatoms. The first-order valence-corrected chi connectivity index (χ1v) is 6.64. The molecule has 0 aliphatic carbocycles. The maximum atomic E-state index is 4.62. The number of rotatable bonds is 3. The van der Waals surface area contributed by atoms with Gasteiger partial charge in [0.1, 0.15) is 5.82 Å². The minimum absolute atomic E-state index is 0.819. The molecule has 0 radical (unpaired) electrons. The summed E-state index contributed by atoms with van der Waals surface area (Å²) in [4.78, 5) is 2.10. The molecule has 1 aromatic heterocycles. The van der Waals surface area contributed by atoms with Gasteiger partial charge in [0.15, 0.2) is 0 Å². The Bertz CT molecular complexity index is 503. The van der Waals surface area contributed by atoms with E-state index in [0.717, 1.165) is 22.5 Å². The van der Waals surface area contributed by atoms with E-state index in [-0.39, 0.29) is 0 Å². The van der Waals surface area contributed by atoms with Crippen LogP contribution < -0.4 is 4.90 Å². The molecule has 1 heterocycles. The van der Waals surface area contributed by atoms with Crippen LogP contribution >= 0.6 is 15.9 Å².